The molecule has 8 aromatic rings. The zero-order valence-electron chi connectivity index (χ0n) is 50.2. The summed E-state index contributed by atoms with van der Waals surface area (Å²) in [7, 11) is 6.58. The number of nitrogens with zero attached hydrogens (tertiary/aromatic N) is 20. The van der Waals surface area contributed by atoms with E-state index in [0.29, 0.717) is 24.1 Å². The van der Waals surface area contributed by atoms with Gasteiger partial charge in [0.15, 0.2) is 0 Å². The van der Waals surface area contributed by atoms with E-state index >= 15 is 0 Å². The van der Waals surface area contributed by atoms with Gasteiger partial charge in [-0.1, -0.05) is 67.9 Å². The fraction of sp³-hybridized carbons (Fsp3) is 0.364. The third-order valence-electron chi connectivity index (χ3n) is 9.02. The van der Waals surface area contributed by atoms with Crippen LogP contribution in [0.2, 0.25) is 0 Å². The highest BCUT2D eigenvalue weighted by Crippen LogP contribution is 2.13. The highest BCUT2D eigenvalue weighted by Gasteiger charge is 2.24. The summed E-state index contributed by atoms with van der Waals surface area (Å²) in [5.41, 5.74) is 6.60. The Kier molecular flexibility index (Phi) is 30.3. The van der Waals surface area contributed by atoms with Crippen LogP contribution in [0.1, 0.15) is 0 Å². The minimum absolute atomic E-state index is 0.681. The van der Waals surface area contributed by atoms with E-state index in [1.807, 2.05) is 248 Å². The van der Waals surface area contributed by atoms with Gasteiger partial charge in [0.25, 0.3) is 0 Å². The summed E-state index contributed by atoms with van der Waals surface area (Å²) >= 11 is 0. The average Bonchev–Trinajstić information content (AvgIpc) is 4.23. The van der Waals surface area contributed by atoms with Crippen LogP contribution >= 0.6 is 0 Å². The van der Waals surface area contributed by atoms with E-state index < -0.39 is 29.0 Å². The molecule has 0 amide bonds. The van der Waals surface area contributed by atoms with E-state index in [2.05, 4.69) is 41.2 Å². The zero-order valence-corrected chi connectivity index (χ0v) is 50.2. The molecule has 8 rings (SSSR count). The van der Waals surface area contributed by atoms with Gasteiger partial charge in [0.1, 0.15) is 44.1 Å². The molecule has 0 saturated carbocycles. The van der Waals surface area contributed by atoms with Gasteiger partial charge in [-0.15, -0.1) is 20.4 Å². The Morgan fingerprint density at radius 2 is 0.432 bits per heavy atom. The normalized spacial score (nSPS) is 10.7. The number of para-hydroxylation sites is 4. The standard InChI is InChI=1S/4C11H16N5O.4BF4/c4*1-14(2)11(15(3)4)17-16-10-8-6-5-7-9(10)12-13-16;4*2-1(3,4)5/h4*5-8H,1-4H3;;;;/q4*+1;4*-1. The topological polar surface area (TPSA) is 185 Å². The lowest BCUT2D eigenvalue weighted by molar-refractivity contribution is -0.480. The van der Waals surface area contributed by atoms with Crippen LogP contribution in [0, 0.1) is 0 Å². The lowest BCUT2D eigenvalue weighted by Crippen LogP contribution is -2.39. The zero-order chi connectivity index (χ0) is 67.7. The first-order valence-electron chi connectivity index (χ1n) is 24.7. The Balaban J connectivity index is 0.000000531. The molecule has 24 nitrogen and oxygen atoms in total. The smallest absolute Gasteiger partial charge is 0.418 e. The van der Waals surface area contributed by atoms with Crippen molar-refractivity contribution in [1.29, 1.82) is 0 Å². The van der Waals surface area contributed by atoms with Crippen molar-refractivity contribution in [3.8, 4) is 0 Å². The number of halogens is 16. The van der Waals surface area contributed by atoms with E-state index in [-0.39, 0.29) is 0 Å². The summed E-state index contributed by atoms with van der Waals surface area (Å²) in [4.78, 5) is 36.0. The first-order valence-corrected chi connectivity index (χ1v) is 24.7. The summed E-state index contributed by atoms with van der Waals surface area (Å²) < 4.78 is 163. The van der Waals surface area contributed by atoms with Crippen molar-refractivity contribution in [1.82, 2.24) is 80.2 Å². The molecular weight excluding hydrogens is 1220 g/mol. The van der Waals surface area contributed by atoms with Crippen molar-refractivity contribution >= 4 is 97.2 Å². The molecule has 0 atom stereocenters. The Bertz CT molecular complexity index is 3040. The molecule has 0 aliphatic carbocycles. The predicted octanol–water partition coefficient (Wildman–Crippen LogP) is 5.40. The summed E-state index contributed by atoms with van der Waals surface area (Å²) in [6.07, 6.45) is 0. The van der Waals surface area contributed by atoms with Crippen LogP contribution in [0.4, 0.5) is 69.1 Å². The van der Waals surface area contributed by atoms with Crippen molar-refractivity contribution in [2.75, 3.05) is 113 Å². The predicted molar refractivity (Wildman–Crippen MR) is 300 cm³/mol. The molecule has 0 aliphatic rings. The molecule has 0 N–H and O–H groups in total. The minimum Gasteiger partial charge on any atom is -0.418 e. The maximum absolute atomic E-state index is 9.75. The molecule has 0 spiro atoms. The van der Waals surface area contributed by atoms with Crippen molar-refractivity contribution in [2.24, 2.45) is 0 Å². The number of benzene rings is 4. The maximum atomic E-state index is 9.75. The fourth-order valence-electron chi connectivity index (χ4n) is 6.22. The molecule has 4 aromatic heterocycles. The van der Waals surface area contributed by atoms with Crippen molar-refractivity contribution in [2.45, 2.75) is 0 Å². The van der Waals surface area contributed by atoms with Gasteiger partial charge in [0.2, 0.25) is 0 Å². The van der Waals surface area contributed by atoms with E-state index in [9.17, 15) is 69.1 Å². The SMILES string of the molecule is CN(C)C(On1nnc2ccccc21)=[N+](C)C.CN(C)C(On1nnc2ccccc21)=[N+](C)C.CN(C)C(On1nnc2ccccc21)=[N+](C)C.CN(C)C(On1nnc2ccccc21)=[N+](C)C.F[B-](F)(F)F.F[B-](F)(F)F.F[B-](F)(F)F.F[B-](F)(F)F. The first kappa shape index (κ1) is 76.7. The molecule has 0 fully saturated rings. The summed E-state index contributed by atoms with van der Waals surface area (Å²) in [6.45, 7) is 0. The number of hydrogen-bond acceptors (Lipinski definition) is 12. The summed E-state index contributed by atoms with van der Waals surface area (Å²) in [5, 5.41) is 32.0. The molecule has 0 radical (unpaired) electrons. The number of aromatic nitrogens is 12. The van der Waals surface area contributed by atoms with Gasteiger partial charge < -0.3 is 69.1 Å². The highest BCUT2D eigenvalue weighted by atomic mass is 19.5. The first-order chi connectivity index (χ1) is 40.4. The minimum atomic E-state index is -6.00. The Morgan fingerprint density at radius 1 is 0.295 bits per heavy atom. The monoisotopic (exact) mass is 1280 g/mol. The number of amidine groups is 4. The third kappa shape index (κ3) is 31.2. The van der Waals surface area contributed by atoms with Crippen LogP contribution in [0.15, 0.2) is 97.1 Å². The van der Waals surface area contributed by atoms with Gasteiger partial charge >= 0.3 is 53.1 Å². The quantitative estimate of drug-likeness (QED) is 0.0717. The van der Waals surface area contributed by atoms with Gasteiger partial charge in [-0.05, 0) is 69.4 Å². The number of fused-ring (bicyclic) bond motifs is 4. The second-order valence-electron chi connectivity index (χ2n) is 18.4. The van der Waals surface area contributed by atoms with E-state index in [1.165, 1.54) is 19.4 Å². The molecule has 4 heterocycles. The van der Waals surface area contributed by atoms with E-state index in [0.717, 1.165) is 44.1 Å². The molecule has 4 aromatic carbocycles. The Morgan fingerprint density at radius 3 is 0.557 bits per heavy atom. The summed E-state index contributed by atoms with van der Waals surface area (Å²) in [6, 6.07) is 33.4. The fourth-order valence-corrected chi connectivity index (χ4v) is 6.22. The van der Waals surface area contributed by atoms with Crippen LogP contribution in [0.3, 0.4) is 0 Å². The van der Waals surface area contributed by atoms with Crippen LogP contribution in [0.5, 0.6) is 0 Å². The van der Waals surface area contributed by atoms with Crippen LogP contribution in [-0.2, 0) is 0 Å². The second kappa shape index (κ2) is 34.7. The molecule has 0 saturated heterocycles. The van der Waals surface area contributed by atoms with Crippen LogP contribution in [-0.4, -0.2) is 264 Å². The molecule has 0 unspecified atom stereocenters. The lowest BCUT2D eigenvalue weighted by atomic mass is 10.3. The van der Waals surface area contributed by atoms with Gasteiger partial charge in [-0.3, -0.25) is 19.4 Å². The van der Waals surface area contributed by atoms with Gasteiger partial charge in [-0.2, -0.15) is 0 Å². The van der Waals surface area contributed by atoms with E-state index in [1.54, 1.807) is 0 Å². The van der Waals surface area contributed by atoms with E-state index in [4.69, 9.17) is 19.4 Å². The highest BCUT2D eigenvalue weighted by molar-refractivity contribution is 6.51. The molecule has 0 aliphatic heterocycles. The van der Waals surface area contributed by atoms with Crippen LogP contribution in [0.25, 0.3) is 44.1 Å². The number of rotatable bonds is 4. The maximum Gasteiger partial charge on any atom is 0.673 e. The molecule has 88 heavy (non-hydrogen) atoms. The van der Waals surface area contributed by atoms with Gasteiger partial charge in [-0.25, -0.2) is 37.9 Å². The molecule has 44 heteroatoms. The van der Waals surface area contributed by atoms with Crippen molar-refractivity contribution < 1.29 is 107 Å². The van der Waals surface area contributed by atoms with Crippen LogP contribution < -0.4 is 19.4 Å². The van der Waals surface area contributed by atoms with Gasteiger partial charge in [0, 0.05) is 0 Å². The largest absolute Gasteiger partial charge is 0.673 e. The second-order valence-corrected chi connectivity index (χ2v) is 18.4. The Labute approximate surface area is 493 Å². The molecule has 488 valence electrons. The average molecular weight is 1280 g/mol. The molecule has 0 bridgehead atoms. The lowest BCUT2D eigenvalue weighted by Gasteiger charge is -2.10. The molecular formula is C44H64B4F16N20O4. The summed E-state index contributed by atoms with van der Waals surface area (Å²) in [5.74, 6) is 0. The van der Waals surface area contributed by atoms with Gasteiger partial charge in [0.05, 0.1) is 113 Å². The third-order valence-corrected chi connectivity index (χ3v) is 9.02. The van der Waals surface area contributed by atoms with Crippen molar-refractivity contribution in [3.05, 3.63) is 97.1 Å². The Hall–Kier alpha value is -9.30. The van der Waals surface area contributed by atoms with Crippen molar-refractivity contribution in [3.63, 3.8) is 0 Å². The number of hydrogen-bond donors (Lipinski definition) is 0.